The summed E-state index contributed by atoms with van der Waals surface area (Å²) in [6.45, 7) is 1.67. The number of fused-ring (bicyclic) bond motifs is 1. The van der Waals surface area contributed by atoms with Gasteiger partial charge in [-0.1, -0.05) is 11.8 Å². The Kier molecular flexibility index (Phi) is 5.05. The number of aromatic nitrogens is 3. The van der Waals surface area contributed by atoms with Crippen LogP contribution in [-0.2, 0) is 14.6 Å². The lowest BCUT2D eigenvalue weighted by atomic mass is 10.1. The summed E-state index contributed by atoms with van der Waals surface area (Å²) in [6, 6.07) is 1.46. The van der Waals surface area contributed by atoms with Crippen LogP contribution in [0.15, 0.2) is 16.0 Å². The Morgan fingerprint density at radius 1 is 1.39 bits per heavy atom. The predicted octanol–water partition coefficient (Wildman–Crippen LogP) is 0.550. The van der Waals surface area contributed by atoms with Crippen molar-refractivity contribution in [3.63, 3.8) is 0 Å². The summed E-state index contributed by atoms with van der Waals surface area (Å²) in [5, 5.41) is 0.301. The highest BCUT2D eigenvalue weighted by Crippen LogP contribution is 2.18. The van der Waals surface area contributed by atoms with Crippen molar-refractivity contribution in [2.24, 2.45) is 0 Å². The molecule has 2 aromatic rings. The molecule has 0 saturated carbocycles. The number of methoxy groups -OCH3 is 1. The zero-order chi connectivity index (χ0) is 17.2. The number of H-pyrrole nitrogens is 1. The molecule has 124 valence electrons. The molecular formula is C13H15N3O5S2. The number of aryl methyl sites for hydroxylation is 1. The van der Waals surface area contributed by atoms with Gasteiger partial charge in [-0.2, -0.15) is 0 Å². The lowest BCUT2D eigenvalue weighted by molar-refractivity contribution is 0.0602. The number of rotatable bonds is 5. The number of hydrogen-bond donors (Lipinski definition) is 1. The van der Waals surface area contributed by atoms with Crippen molar-refractivity contribution in [1.29, 1.82) is 0 Å². The Bertz CT molecular complexity index is 921. The van der Waals surface area contributed by atoms with Gasteiger partial charge >= 0.3 is 5.97 Å². The van der Waals surface area contributed by atoms with E-state index in [1.807, 2.05) is 0 Å². The SMILES string of the molecule is COC(=O)c1cc(C)nc2nc(SCCS(C)(=O)=O)[nH]c(=O)c12. The number of pyridine rings is 1. The summed E-state index contributed by atoms with van der Waals surface area (Å²) in [7, 11) is -1.87. The summed E-state index contributed by atoms with van der Waals surface area (Å²) in [5.74, 6) is -0.429. The highest BCUT2D eigenvalue weighted by atomic mass is 32.2. The van der Waals surface area contributed by atoms with Crippen molar-refractivity contribution in [2.45, 2.75) is 12.1 Å². The fraction of sp³-hybridized carbons (Fsp3) is 0.385. The van der Waals surface area contributed by atoms with Gasteiger partial charge in [0.1, 0.15) is 9.84 Å². The van der Waals surface area contributed by atoms with Crippen molar-refractivity contribution in [3.05, 3.63) is 27.7 Å². The van der Waals surface area contributed by atoms with E-state index in [9.17, 15) is 18.0 Å². The summed E-state index contributed by atoms with van der Waals surface area (Å²) < 4.78 is 26.9. The van der Waals surface area contributed by atoms with Crippen LogP contribution < -0.4 is 5.56 Å². The monoisotopic (exact) mass is 357 g/mol. The van der Waals surface area contributed by atoms with Gasteiger partial charge in [0, 0.05) is 17.7 Å². The molecule has 2 aromatic heterocycles. The standard InChI is InChI=1S/C13H15N3O5S2/c1-7-6-8(12(18)21-2)9-10(14-7)15-13(16-11(9)17)22-4-5-23(3,19)20/h6H,4-5H2,1-3H3,(H,14,15,16,17). The van der Waals surface area contributed by atoms with E-state index < -0.39 is 21.4 Å². The second kappa shape index (κ2) is 6.67. The molecular weight excluding hydrogens is 342 g/mol. The van der Waals surface area contributed by atoms with Gasteiger partial charge in [-0.3, -0.25) is 4.79 Å². The van der Waals surface area contributed by atoms with Crippen LogP contribution in [0.1, 0.15) is 16.1 Å². The first-order valence-corrected chi connectivity index (χ1v) is 9.56. The van der Waals surface area contributed by atoms with Crippen molar-refractivity contribution in [1.82, 2.24) is 15.0 Å². The van der Waals surface area contributed by atoms with Gasteiger partial charge in [-0.05, 0) is 13.0 Å². The van der Waals surface area contributed by atoms with Gasteiger partial charge in [-0.15, -0.1) is 0 Å². The van der Waals surface area contributed by atoms with E-state index in [1.54, 1.807) is 6.92 Å². The average Bonchev–Trinajstić information content (AvgIpc) is 2.43. The Hall–Kier alpha value is -1.94. The van der Waals surface area contributed by atoms with Crippen molar-refractivity contribution in [3.8, 4) is 0 Å². The maximum atomic E-state index is 12.2. The van der Waals surface area contributed by atoms with Crippen LogP contribution in [0.4, 0.5) is 0 Å². The molecule has 0 fully saturated rings. The zero-order valence-electron chi connectivity index (χ0n) is 12.7. The summed E-state index contributed by atoms with van der Waals surface area (Å²) in [6.07, 6.45) is 1.14. The van der Waals surface area contributed by atoms with Crippen LogP contribution in [0.2, 0.25) is 0 Å². The van der Waals surface area contributed by atoms with E-state index in [2.05, 4.69) is 19.7 Å². The van der Waals surface area contributed by atoms with Crippen molar-refractivity contribution >= 4 is 38.6 Å². The first-order chi connectivity index (χ1) is 10.7. The van der Waals surface area contributed by atoms with Gasteiger partial charge in [-0.25, -0.2) is 23.2 Å². The minimum Gasteiger partial charge on any atom is -0.465 e. The fourth-order valence-electron chi connectivity index (χ4n) is 1.87. The lowest BCUT2D eigenvalue weighted by Crippen LogP contribution is -2.16. The van der Waals surface area contributed by atoms with Gasteiger partial charge < -0.3 is 9.72 Å². The average molecular weight is 357 g/mol. The molecule has 8 nitrogen and oxygen atoms in total. The minimum atomic E-state index is -3.09. The van der Waals surface area contributed by atoms with Crippen molar-refractivity contribution in [2.75, 3.05) is 24.9 Å². The van der Waals surface area contributed by atoms with Crippen molar-refractivity contribution < 1.29 is 17.9 Å². The van der Waals surface area contributed by atoms with E-state index in [0.717, 1.165) is 18.0 Å². The van der Waals surface area contributed by atoms with Crippen LogP contribution in [0.3, 0.4) is 0 Å². The second-order valence-electron chi connectivity index (χ2n) is 4.85. The summed E-state index contributed by atoms with van der Waals surface area (Å²) >= 11 is 1.10. The smallest absolute Gasteiger partial charge is 0.338 e. The largest absolute Gasteiger partial charge is 0.465 e. The molecule has 0 spiro atoms. The Morgan fingerprint density at radius 2 is 2.09 bits per heavy atom. The molecule has 2 heterocycles. The molecule has 10 heteroatoms. The third-order valence-corrected chi connectivity index (χ3v) is 4.96. The number of thioether (sulfide) groups is 1. The van der Waals surface area contributed by atoms with Crippen LogP contribution >= 0.6 is 11.8 Å². The normalized spacial score (nSPS) is 11.6. The highest BCUT2D eigenvalue weighted by molar-refractivity contribution is 8.00. The first kappa shape index (κ1) is 17.4. The van der Waals surface area contributed by atoms with Gasteiger partial charge in [0.25, 0.3) is 5.56 Å². The van der Waals surface area contributed by atoms with E-state index >= 15 is 0 Å². The molecule has 0 atom stereocenters. The third kappa shape index (κ3) is 4.29. The molecule has 0 aliphatic carbocycles. The molecule has 2 rings (SSSR count). The minimum absolute atomic E-state index is 0.0337. The van der Waals surface area contributed by atoms with E-state index in [0.29, 0.717) is 5.69 Å². The Balaban J connectivity index is 2.46. The van der Waals surface area contributed by atoms with Crippen LogP contribution in [0.5, 0.6) is 0 Å². The quantitative estimate of drug-likeness (QED) is 0.468. The zero-order valence-corrected chi connectivity index (χ0v) is 14.4. The number of hydrogen-bond acceptors (Lipinski definition) is 8. The van der Waals surface area contributed by atoms with E-state index in [4.69, 9.17) is 0 Å². The van der Waals surface area contributed by atoms with Crippen LogP contribution in [0.25, 0.3) is 11.0 Å². The first-order valence-electron chi connectivity index (χ1n) is 6.52. The third-order valence-electron chi connectivity index (χ3n) is 2.88. The number of ether oxygens (including phenoxy) is 1. The molecule has 0 unspecified atom stereocenters. The number of nitrogens with one attached hydrogen (secondary N) is 1. The Morgan fingerprint density at radius 3 is 2.70 bits per heavy atom. The molecule has 0 aliphatic rings. The molecule has 0 aliphatic heterocycles. The van der Waals surface area contributed by atoms with Crippen LogP contribution in [-0.4, -0.2) is 54.2 Å². The molecule has 0 amide bonds. The maximum Gasteiger partial charge on any atom is 0.338 e. The van der Waals surface area contributed by atoms with Crippen LogP contribution in [0, 0.1) is 6.92 Å². The fourth-order valence-corrected chi connectivity index (χ4v) is 3.93. The number of esters is 1. The number of aromatic amines is 1. The summed E-state index contributed by atoms with van der Waals surface area (Å²) in [5.41, 5.74) is 0.209. The van der Waals surface area contributed by atoms with E-state index in [-0.39, 0.29) is 33.3 Å². The molecule has 0 radical (unpaired) electrons. The number of carbonyl (C=O) groups is 1. The Labute approximate surface area is 136 Å². The highest BCUT2D eigenvalue weighted by Gasteiger charge is 2.17. The number of nitrogens with zero attached hydrogens (tertiary/aromatic N) is 2. The molecule has 0 bridgehead atoms. The number of carbonyl (C=O) groups excluding carboxylic acids is 1. The summed E-state index contributed by atoms with van der Waals surface area (Å²) in [4.78, 5) is 34.9. The predicted molar refractivity (Wildman–Crippen MR) is 86.7 cm³/mol. The van der Waals surface area contributed by atoms with Gasteiger partial charge in [0.2, 0.25) is 0 Å². The molecule has 1 N–H and O–H groups in total. The maximum absolute atomic E-state index is 12.2. The molecule has 0 aromatic carbocycles. The van der Waals surface area contributed by atoms with E-state index in [1.165, 1.54) is 13.2 Å². The lowest BCUT2D eigenvalue weighted by Gasteiger charge is -2.06. The van der Waals surface area contributed by atoms with Gasteiger partial charge in [0.15, 0.2) is 10.8 Å². The topological polar surface area (TPSA) is 119 Å². The molecule has 0 saturated heterocycles. The van der Waals surface area contributed by atoms with Gasteiger partial charge in [0.05, 0.1) is 23.8 Å². The molecule has 23 heavy (non-hydrogen) atoms. The second-order valence-corrected chi connectivity index (χ2v) is 8.19. The number of sulfone groups is 1.